The average molecular weight is 416 g/mol. The molecule has 0 saturated heterocycles. The number of hydrogen-bond acceptors (Lipinski definition) is 5. The number of carbonyl (C=O) groups excluding carboxylic acids is 2. The van der Waals surface area contributed by atoms with Crippen molar-refractivity contribution in [1.29, 1.82) is 0 Å². The van der Waals surface area contributed by atoms with Gasteiger partial charge in [-0.1, -0.05) is 24.3 Å². The lowest BCUT2D eigenvalue weighted by Gasteiger charge is -2.11. The number of carbonyl (C=O) groups is 2. The van der Waals surface area contributed by atoms with Crippen LogP contribution in [-0.2, 0) is 4.79 Å². The fourth-order valence-corrected chi connectivity index (χ4v) is 2.61. The number of amides is 1. The number of ether oxygens (including phenoxy) is 1. The summed E-state index contributed by atoms with van der Waals surface area (Å²) in [6.07, 6.45) is 5.13. The number of aliphatic hydroxyl groups is 1. The molecular weight excluding hydrogens is 394 g/mol. The third-order valence-corrected chi connectivity index (χ3v) is 4.03. The minimum Gasteiger partial charge on any atom is -0.457 e. The van der Waals surface area contributed by atoms with Crippen LogP contribution in [0.2, 0.25) is 0 Å². The van der Waals surface area contributed by atoms with Gasteiger partial charge in [0.15, 0.2) is 6.29 Å². The first kappa shape index (κ1) is 22.1. The van der Waals surface area contributed by atoms with E-state index in [-0.39, 0.29) is 36.1 Å². The van der Waals surface area contributed by atoms with E-state index in [1.807, 2.05) is 0 Å². The molecule has 0 bridgehead atoms. The van der Waals surface area contributed by atoms with Gasteiger partial charge in [-0.2, -0.15) is 0 Å². The number of allylic oxidation sites excluding steroid dienone is 4. The van der Waals surface area contributed by atoms with Gasteiger partial charge in [-0.25, -0.2) is 4.98 Å². The standard InChI is InChI=1S/C21H22ClN3O4/c1-4-16(12-27)19(11-14(2)22)29-18-7-5-17(6-8-18)25-13-24-20(15(25)3)21(28)23-9-10-26/h4-8,11-13,26H,1,9-10H2,2-3H3,(H,23,28)/b14-11+,19-16-. The Labute approximate surface area is 174 Å². The van der Waals surface area contributed by atoms with Crippen molar-refractivity contribution in [3.05, 3.63) is 77.1 Å². The lowest BCUT2D eigenvalue weighted by Crippen LogP contribution is -2.27. The van der Waals surface area contributed by atoms with E-state index in [1.54, 1.807) is 49.0 Å². The number of halogens is 1. The molecule has 8 heteroatoms. The zero-order chi connectivity index (χ0) is 21.4. The Bertz CT molecular complexity index is 945. The first-order valence-corrected chi connectivity index (χ1v) is 9.16. The number of rotatable bonds is 9. The van der Waals surface area contributed by atoms with Crippen molar-refractivity contribution in [3.8, 4) is 11.4 Å². The Morgan fingerprint density at radius 2 is 2.07 bits per heavy atom. The molecule has 0 spiro atoms. The van der Waals surface area contributed by atoms with Crippen LogP contribution in [0.25, 0.3) is 5.69 Å². The number of aldehydes is 1. The van der Waals surface area contributed by atoms with Crippen LogP contribution in [0.4, 0.5) is 0 Å². The summed E-state index contributed by atoms with van der Waals surface area (Å²) in [6, 6.07) is 7.04. The van der Waals surface area contributed by atoms with E-state index in [0.29, 0.717) is 22.8 Å². The number of aliphatic hydroxyl groups excluding tert-OH is 1. The number of aromatic nitrogens is 2. The van der Waals surface area contributed by atoms with Gasteiger partial charge < -0.3 is 19.7 Å². The summed E-state index contributed by atoms with van der Waals surface area (Å²) in [7, 11) is 0. The number of benzene rings is 1. The molecule has 2 aromatic rings. The molecule has 0 unspecified atom stereocenters. The highest BCUT2D eigenvalue weighted by Crippen LogP contribution is 2.22. The third kappa shape index (κ3) is 5.66. The molecule has 0 saturated carbocycles. The first-order chi connectivity index (χ1) is 13.9. The third-order valence-electron chi connectivity index (χ3n) is 3.92. The number of hydrogen-bond donors (Lipinski definition) is 2. The van der Waals surface area contributed by atoms with Gasteiger partial charge in [-0.15, -0.1) is 0 Å². The van der Waals surface area contributed by atoms with Crippen LogP contribution >= 0.6 is 11.6 Å². The van der Waals surface area contributed by atoms with Crippen LogP contribution in [0.1, 0.15) is 23.1 Å². The molecule has 2 N–H and O–H groups in total. The van der Waals surface area contributed by atoms with Gasteiger partial charge in [0.2, 0.25) is 0 Å². The van der Waals surface area contributed by atoms with Crippen LogP contribution in [0, 0.1) is 6.92 Å². The molecule has 1 heterocycles. The van der Waals surface area contributed by atoms with Gasteiger partial charge in [-0.3, -0.25) is 9.59 Å². The van der Waals surface area contributed by atoms with Crippen molar-refractivity contribution in [2.75, 3.05) is 13.2 Å². The van der Waals surface area contributed by atoms with Crippen LogP contribution in [-0.4, -0.2) is 40.0 Å². The molecule has 0 aliphatic carbocycles. The van der Waals surface area contributed by atoms with Crippen molar-refractivity contribution < 1.29 is 19.4 Å². The van der Waals surface area contributed by atoms with Crippen LogP contribution in [0.5, 0.6) is 5.75 Å². The average Bonchev–Trinajstić information content (AvgIpc) is 3.08. The van der Waals surface area contributed by atoms with Gasteiger partial charge >= 0.3 is 0 Å². The van der Waals surface area contributed by atoms with E-state index in [9.17, 15) is 9.59 Å². The monoisotopic (exact) mass is 415 g/mol. The maximum atomic E-state index is 12.1. The lowest BCUT2D eigenvalue weighted by molar-refractivity contribution is -0.104. The summed E-state index contributed by atoms with van der Waals surface area (Å²) in [4.78, 5) is 27.4. The van der Waals surface area contributed by atoms with Crippen LogP contribution in [0.3, 0.4) is 0 Å². The van der Waals surface area contributed by atoms with Crippen molar-refractivity contribution in [2.24, 2.45) is 0 Å². The number of nitrogens with one attached hydrogen (secondary N) is 1. The van der Waals surface area contributed by atoms with Crippen LogP contribution in [0.15, 0.2) is 65.7 Å². The minimum atomic E-state index is -0.348. The largest absolute Gasteiger partial charge is 0.457 e. The molecule has 0 aliphatic rings. The maximum absolute atomic E-state index is 12.1. The summed E-state index contributed by atoms with van der Waals surface area (Å²) in [5.41, 5.74) is 1.99. The summed E-state index contributed by atoms with van der Waals surface area (Å²) in [5, 5.41) is 11.9. The molecule has 1 aromatic carbocycles. The fraction of sp³-hybridized carbons (Fsp3) is 0.190. The second-order valence-corrected chi connectivity index (χ2v) is 6.59. The molecule has 1 aromatic heterocycles. The molecule has 152 valence electrons. The second kappa shape index (κ2) is 10.4. The van der Waals surface area contributed by atoms with E-state index < -0.39 is 0 Å². The quantitative estimate of drug-likeness (QED) is 0.284. The zero-order valence-electron chi connectivity index (χ0n) is 16.2. The highest BCUT2D eigenvalue weighted by Gasteiger charge is 2.15. The van der Waals surface area contributed by atoms with Gasteiger partial charge in [0.05, 0.1) is 17.9 Å². The molecule has 2 rings (SSSR count). The van der Waals surface area contributed by atoms with Crippen LogP contribution < -0.4 is 10.1 Å². The van der Waals surface area contributed by atoms with Crippen molar-refractivity contribution in [1.82, 2.24) is 14.9 Å². The minimum absolute atomic E-state index is 0.139. The number of imidazole rings is 1. The van der Waals surface area contributed by atoms with E-state index >= 15 is 0 Å². The van der Waals surface area contributed by atoms with E-state index in [1.165, 1.54) is 12.2 Å². The molecule has 29 heavy (non-hydrogen) atoms. The van der Waals surface area contributed by atoms with Gasteiger partial charge in [0, 0.05) is 17.3 Å². The molecular formula is C21H22ClN3O4. The van der Waals surface area contributed by atoms with E-state index in [4.69, 9.17) is 21.4 Å². The molecule has 7 nitrogen and oxygen atoms in total. The molecule has 1 amide bonds. The predicted molar refractivity (Wildman–Crippen MR) is 111 cm³/mol. The van der Waals surface area contributed by atoms with Crippen molar-refractivity contribution >= 4 is 23.8 Å². The Kier molecular flexibility index (Phi) is 7.94. The zero-order valence-corrected chi connectivity index (χ0v) is 16.9. The fourth-order valence-electron chi connectivity index (χ4n) is 2.51. The lowest BCUT2D eigenvalue weighted by atomic mass is 10.2. The Morgan fingerprint density at radius 3 is 2.62 bits per heavy atom. The Hall–Kier alpha value is -3.16. The SMILES string of the molecule is C=C/C(C=O)=C(\C=C(/C)Cl)Oc1ccc(-n2cnc(C(=O)NCCO)c2C)cc1. The Morgan fingerprint density at radius 1 is 1.38 bits per heavy atom. The first-order valence-electron chi connectivity index (χ1n) is 8.78. The van der Waals surface area contributed by atoms with E-state index in [0.717, 1.165) is 5.69 Å². The molecule has 0 fully saturated rings. The highest BCUT2D eigenvalue weighted by atomic mass is 35.5. The molecule has 0 aliphatic heterocycles. The summed E-state index contributed by atoms with van der Waals surface area (Å²) in [6.45, 7) is 7.08. The maximum Gasteiger partial charge on any atom is 0.271 e. The smallest absolute Gasteiger partial charge is 0.271 e. The van der Waals surface area contributed by atoms with E-state index in [2.05, 4.69) is 16.9 Å². The highest BCUT2D eigenvalue weighted by molar-refractivity contribution is 6.29. The van der Waals surface area contributed by atoms with Gasteiger partial charge in [-0.05, 0) is 44.2 Å². The Balaban J connectivity index is 2.27. The molecule has 0 atom stereocenters. The topological polar surface area (TPSA) is 93.5 Å². The number of nitrogens with zero attached hydrogens (tertiary/aromatic N) is 2. The second-order valence-electron chi connectivity index (χ2n) is 6.00. The summed E-state index contributed by atoms with van der Waals surface area (Å²) >= 11 is 5.92. The summed E-state index contributed by atoms with van der Waals surface area (Å²) < 4.78 is 7.54. The predicted octanol–water partition coefficient (Wildman–Crippen LogP) is 3.06. The summed E-state index contributed by atoms with van der Waals surface area (Å²) in [5.74, 6) is 0.439. The van der Waals surface area contributed by atoms with Crippen molar-refractivity contribution in [2.45, 2.75) is 13.8 Å². The normalized spacial score (nSPS) is 12.2. The van der Waals surface area contributed by atoms with Crippen molar-refractivity contribution in [3.63, 3.8) is 0 Å². The van der Waals surface area contributed by atoms with Gasteiger partial charge in [0.1, 0.15) is 23.5 Å². The van der Waals surface area contributed by atoms with Gasteiger partial charge in [0.25, 0.3) is 5.91 Å². The molecule has 0 radical (unpaired) electrons.